The topological polar surface area (TPSA) is 0 Å². The fourth-order valence-corrected chi connectivity index (χ4v) is 4.57. The molecule has 0 nitrogen and oxygen atoms in total. The Labute approximate surface area is 124 Å². The van der Waals surface area contributed by atoms with E-state index in [1.54, 1.807) is 22.7 Å². The van der Waals surface area contributed by atoms with Crippen LogP contribution in [0.15, 0.2) is 41.8 Å². The van der Waals surface area contributed by atoms with Crippen LogP contribution in [0.3, 0.4) is 0 Å². The van der Waals surface area contributed by atoms with Gasteiger partial charge in [0, 0.05) is 19.3 Å². The maximum Gasteiger partial charge on any atom is 0.0720 e. The van der Waals surface area contributed by atoms with Gasteiger partial charge in [-0.25, -0.2) is 0 Å². The van der Waals surface area contributed by atoms with Crippen molar-refractivity contribution in [2.45, 2.75) is 11.8 Å². The second-order valence-corrected chi connectivity index (χ2v) is 7.06. The first-order valence-electron chi connectivity index (χ1n) is 5.58. The van der Waals surface area contributed by atoms with Gasteiger partial charge in [-0.05, 0) is 35.6 Å². The van der Waals surface area contributed by atoms with E-state index < -0.39 is 0 Å². The third kappa shape index (κ3) is 2.43. The van der Waals surface area contributed by atoms with Gasteiger partial charge in [0.2, 0.25) is 0 Å². The van der Waals surface area contributed by atoms with E-state index >= 15 is 0 Å². The van der Waals surface area contributed by atoms with Crippen molar-refractivity contribution < 1.29 is 0 Å². The molecule has 0 radical (unpaired) electrons. The largest absolute Gasteiger partial charge is 0.143 e. The molecule has 1 aromatic carbocycles. The Bertz CT molecular complexity index is 641. The van der Waals surface area contributed by atoms with Gasteiger partial charge in [0.25, 0.3) is 0 Å². The third-order valence-corrected chi connectivity index (χ3v) is 5.92. The van der Waals surface area contributed by atoms with E-state index in [0.717, 1.165) is 17.0 Å². The number of halogens is 2. The van der Waals surface area contributed by atoms with Crippen molar-refractivity contribution in [3.63, 3.8) is 0 Å². The van der Waals surface area contributed by atoms with Gasteiger partial charge in [0.1, 0.15) is 0 Å². The predicted molar refractivity (Wildman–Crippen MR) is 83.5 cm³/mol. The van der Waals surface area contributed by atoms with Crippen LogP contribution in [0.1, 0.15) is 15.8 Å². The van der Waals surface area contributed by atoms with Crippen molar-refractivity contribution >= 4 is 55.3 Å². The first-order valence-corrected chi connectivity index (χ1v) is 8.09. The van der Waals surface area contributed by atoms with Crippen LogP contribution in [0.25, 0.3) is 9.40 Å². The monoisotopic (exact) mass is 312 g/mol. The van der Waals surface area contributed by atoms with Gasteiger partial charge in [-0.3, -0.25) is 0 Å². The van der Waals surface area contributed by atoms with Crippen LogP contribution in [-0.4, -0.2) is 0 Å². The van der Waals surface area contributed by atoms with Crippen LogP contribution in [0.4, 0.5) is 0 Å². The van der Waals surface area contributed by atoms with E-state index in [0.29, 0.717) is 0 Å². The summed E-state index contributed by atoms with van der Waals surface area (Å²) < 4.78 is 2.64. The standard InChI is InChI=1S/C14H10Cl2S2/c15-10-4-2-1-3-9(10)7-11(16)13-8-14-12(18-13)5-6-17-14/h1-6,8,11H,7H2. The zero-order valence-electron chi connectivity index (χ0n) is 9.40. The van der Waals surface area contributed by atoms with Gasteiger partial charge < -0.3 is 0 Å². The number of hydrogen-bond acceptors (Lipinski definition) is 2. The van der Waals surface area contributed by atoms with Crippen molar-refractivity contribution in [2.24, 2.45) is 0 Å². The molecule has 0 amide bonds. The molecule has 18 heavy (non-hydrogen) atoms. The van der Waals surface area contributed by atoms with Crippen molar-refractivity contribution in [1.29, 1.82) is 0 Å². The molecular formula is C14H10Cl2S2. The van der Waals surface area contributed by atoms with E-state index in [1.807, 2.05) is 24.3 Å². The molecule has 1 unspecified atom stereocenters. The summed E-state index contributed by atoms with van der Waals surface area (Å²) in [6, 6.07) is 12.2. The highest BCUT2D eigenvalue weighted by molar-refractivity contribution is 7.27. The van der Waals surface area contributed by atoms with E-state index in [2.05, 4.69) is 17.5 Å². The highest BCUT2D eigenvalue weighted by atomic mass is 35.5. The Morgan fingerprint density at radius 1 is 1.11 bits per heavy atom. The maximum atomic E-state index is 6.50. The Kier molecular flexibility index (Phi) is 3.62. The van der Waals surface area contributed by atoms with Crippen LogP contribution in [0, 0.1) is 0 Å². The molecule has 0 saturated carbocycles. The molecule has 0 saturated heterocycles. The first-order chi connectivity index (χ1) is 8.74. The zero-order valence-corrected chi connectivity index (χ0v) is 12.5. The second kappa shape index (κ2) is 5.22. The van der Waals surface area contributed by atoms with Gasteiger partial charge >= 0.3 is 0 Å². The summed E-state index contributed by atoms with van der Waals surface area (Å²) in [5, 5.41) is 2.90. The number of hydrogen-bond donors (Lipinski definition) is 0. The van der Waals surface area contributed by atoms with Crippen molar-refractivity contribution in [2.75, 3.05) is 0 Å². The normalized spacial score (nSPS) is 13.0. The van der Waals surface area contributed by atoms with Crippen molar-refractivity contribution in [3.8, 4) is 0 Å². The Balaban J connectivity index is 1.85. The fourth-order valence-electron chi connectivity index (χ4n) is 1.90. The minimum atomic E-state index is -0.00509. The summed E-state index contributed by atoms with van der Waals surface area (Å²) in [4.78, 5) is 1.22. The van der Waals surface area contributed by atoms with Gasteiger partial charge in [-0.15, -0.1) is 34.3 Å². The van der Waals surface area contributed by atoms with Crippen molar-refractivity contribution in [1.82, 2.24) is 0 Å². The smallest absolute Gasteiger partial charge is 0.0720 e. The molecule has 3 aromatic rings. The Morgan fingerprint density at radius 3 is 2.72 bits per heavy atom. The molecule has 1 atom stereocenters. The summed E-state index contributed by atoms with van der Waals surface area (Å²) in [6.07, 6.45) is 0.773. The summed E-state index contributed by atoms with van der Waals surface area (Å²) in [7, 11) is 0. The van der Waals surface area contributed by atoms with E-state index in [9.17, 15) is 0 Å². The average Bonchev–Trinajstić information content (AvgIpc) is 2.92. The lowest BCUT2D eigenvalue weighted by Crippen LogP contribution is -1.94. The average molecular weight is 313 g/mol. The van der Waals surface area contributed by atoms with Gasteiger partial charge in [0.05, 0.1) is 5.38 Å². The summed E-state index contributed by atoms with van der Waals surface area (Å²) >= 11 is 16.2. The molecule has 4 heteroatoms. The molecule has 92 valence electrons. The molecule has 0 aliphatic carbocycles. The molecular weight excluding hydrogens is 303 g/mol. The molecule has 0 spiro atoms. The molecule has 0 bridgehead atoms. The van der Waals surface area contributed by atoms with Crippen LogP contribution >= 0.6 is 45.9 Å². The maximum absolute atomic E-state index is 6.50. The summed E-state index contributed by atoms with van der Waals surface area (Å²) in [5.74, 6) is 0. The predicted octanol–water partition coefficient (Wildman–Crippen LogP) is 6.14. The van der Waals surface area contributed by atoms with E-state index in [-0.39, 0.29) is 5.38 Å². The fraction of sp³-hybridized carbons (Fsp3) is 0.143. The molecule has 0 N–H and O–H groups in total. The van der Waals surface area contributed by atoms with Gasteiger partial charge in [-0.1, -0.05) is 29.8 Å². The minimum Gasteiger partial charge on any atom is -0.143 e. The van der Waals surface area contributed by atoms with Crippen molar-refractivity contribution in [3.05, 3.63) is 57.2 Å². The third-order valence-electron chi connectivity index (χ3n) is 2.82. The van der Waals surface area contributed by atoms with E-state index in [4.69, 9.17) is 23.2 Å². The van der Waals surface area contributed by atoms with Gasteiger partial charge in [-0.2, -0.15) is 0 Å². The molecule has 0 aliphatic rings. The van der Waals surface area contributed by atoms with E-state index in [1.165, 1.54) is 14.3 Å². The van der Waals surface area contributed by atoms with Gasteiger partial charge in [0.15, 0.2) is 0 Å². The van der Waals surface area contributed by atoms with Crippen LogP contribution < -0.4 is 0 Å². The number of alkyl halides is 1. The molecule has 2 heterocycles. The zero-order chi connectivity index (χ0) is 12.5. The molecule has 2 aromatic heterocycles. The molecule has 3 rings (SSSR count). The minimum absolute atomic E-state index is 0.00509. The SMILES string of the molecule is Clc1ccccc1CC(Cl)c1cc2sccc2s1. The highest BCUT2D eigenvalue weighted by Crippen LogP contribution is 2.37. The number of fused-ring (bicyclic) bond motifs is 1. The lowest BCUT2D eigenvalue weighted by atomic mass is 10.1. The van der Waals surface area contributed by atoms with Crippen LogP contribution in [0.5, 0.6) is 0 Å². The summed E-state index contributed by atoms with van der Waals surface area (Å²) in [5.41, 5.74) is 1.11. The van der Waals surface area contributed by atoms with Crippen LogP contribution in [0.2, 0.25) is 5.02 Å². The second-order valence-electron chi connectivity index (χ2n) is 4.06. The molecule has 0 aliphatic heterocycles. The number of rotatable bonds is 3. The first kappa shape index (κ1) is 12.5. The Morgan fingerprint density at radius 2 is 1.94 bits per heavy atom. The quantitative estimate of drug-likeness (QED) is 0.510. The number of benzene rings is 1. The van der Waals surface area contributed by atoms with Crippen LogP contribution in [-0.2, 0) is 6.42 Å². The Hall–Kier alpha value is -0.540. The summed E-state index contributed by atoms with van der Waals surface area (Å²) in [6.45, 7) is 0. The number of thiophene rings is 2. The molecule has 0 fully saturated rings. The lowest BCUT2D eigenvalue weighted by Gasteiger charge is -2.08. The highest BCUT2D eigenvalue weighted by Gasteiger charge is 2.14. The lowest BCUT2D eigenvalue weighted by molar-refractivity contribution is 0.941.